The van der Waals surface area contributed by atoms with Crippen molar-refractivity contribution in [3.8, 4) is 28.2 Å². The lowest BCUT2D eigenvalue weighted by molar-refractivity contribution is 1.13. The molecule has 0 aliphatic carbocycles. The molecule has 0 saturated carbocycles. The number of rotatable bonds is 8. The number of nitrogens with zero attached hydrogens (tertiary/aromatic N) is 3. The van der Waals surface area contributed by atoms with E-state index >= 15 is 0 Å². The molecule has 3 aromatic heterocycles. The molecule has 14 rings (SSSR count). The Morgan fingerprint density at radius 1 is 0.243 bits per heavy atom. The second kappa shape index (κ2) is 16.1. The van der Waals surface area contributed by atoms with Crippen molar-refractivity contribution in [2.45, 2.75) is 0 Å². The van der Waals surface area contributed by atoms with Crippen LogP contribution in [0.3, 0.4) is 0 Å². The first kappa shape index (κ1) is 40.1. The Morgan fingerprint density at radius 2 is 0.671 bits per heavy atom. The van der Waals surface area contributed by atoms with Gasteiger partial charge < -0.3 is 13.7 Å². The van der Waals surface area contributed by atoms with Crippen molar-refractivity contribution in [2.75, 3.05) is 0 Å². The average Bonchev–Trinajstić information content (AvgIpc) is 4.08. The number of fused-ring (bicyclic) bond motifs is 9. The summed E-state index contributed by atoms with van der Waals surface area (Å²) in [6, 6.07) is 101. The van der Waals surface area contributed by atoms with Crippen molar-refractivity contribution in [3.63, 3.8) is 0 Å². The lowest BCUT2D eigenvalue weighted by Crippen LogP contribution is -2.74. The summed E-state index contributed by atoms with van der Waals surface area (Å²) in [5.41, 5.74) is 12.8. The third-order valence-electron chi connectivity index (χ3n) is 14.8. The van der Waals surface area contributed by atoms with Crippen LogP contribution in [-0.4, -0.2) is 21.8 Å². The molecule has 4 heteroatoms. The van der Waals surface area contributed by atoms with Crippen molar-refractivity contribution >= 4 is 94.2 Å². The van der Waals surface area contributed by atoms with E-state index in [1.54, 1.807) is 0 Å². The second-order valence-corrected chi connectivity index (χ2v) is 22.2. The minimum absolute atomic E-state index is 1.13. The van der Waals surface area contributed by atoms with Crippen LogP contribution < -0.4 is 20.7 Å². The highest BCUT2D eigenvalue weighted by atomic mass is 28.3. The Morgan fingerprint density at radius 3 is 1.27 bits per heavy atom. The van der Waals surface area contributed by atoms with Gasteiger partial charge >= 0.3 is 0 Å². The first-order valence-electron chi connectivity index (χ1n) is 24.2. The number of hydrogen-bond donors (Lipinski definition) is 0. The predicted octanol–water partition coefficient (Wildman–Crippen LogP) is 14.0. The highest BCUT2D eigenvalue weighted by Crippen LogP contribution is 2.42. The third-order valence-corrected chi connectivity index (χ3v) is 19.6. The summed E-state index contributed by atoms with van der Waals surface area (Å²) < 4.78 is 7.51. The van der Waals surface area contributed by atoms with E-state index in [4.69, 9.17) is 0 Å². The van der Waals surface area contributed by atoms with Crippen LogP contribution in [0.4, 0.5) is 0 Å². The molecule has 328 valence electrons. The molecule has 0 amide bonds. The lowest BCUT2D eigenvalue weighted by atomic mass is 10.0. The topological polar surface area (TPSA) is 14.8 Å². The zero-order chi connectivity index (χ0) is 46.2. The molecule has 0 N–H and O–H groups in total. The van der Waals surface area contributed by atoms with Crippen LogP contribution in [0.5, 0.6) is 0 Å². The molecule has 0 spiro atoms. The van der Waals surface area contributed by atoms with Crippen molar-refractivity contribution in [2.24, 2.45) is 0 Å². The second-order valence-electron chi connectivity index (χ2n) is 18.4. The Kier molecular flexibility index (Phi) is 9.23. The maximum Gasteiger partial charge on any atom is 0.179 e. The zero-order valence-electron chi connectivity index (χ0n) is 38.3. The molecule has 0 fully saturated rings. The van der Waals surface area contributed by atoms with E-state index in [0.717, 1.165) is 28.1 Å². The van der Waals surface area contributed by atoms with Gasteiger partial charge in [-0.1, -0.05) is 218 Å². The fourth-order valence-corrected chi connectivity index (χ4v) is 16.6. The van der Waals surface area contributed by atoms with E-state index < -0.39 is 8.07 Å². The van der Waals surface area contributed by atoms with E-state index in [9.17, 15) is 0 Å². The van der Waals surface area contributed by atoms with Gasteiger partial charge in [0, 0.05) is 43.6 Å². The molecule has 0 bridgehead atoms. The van der Waals surface area contributed by atoms with Crippen LogP contribution in [0.15, 0.2) is 273 Å². The fourth-order valence-electron chi connectivity index (χ4n) is 11.9. The molecular weight excluding hydrogens is 863 g/mol. The minimum Gasteiger partial charge on any atom is -0.309 e. The fraction of sp³-hybridized carbons (Fsp3) is 0. The average molecular weight is 908 g/mol. The molecule has 3 heterocycles. The smallest absolute Gasteiger partial charge is 0.179 e. The lowest BCUT2D eigenvalue weighted by Gasteiger charge is -2.34. The standard InChI is InChI=1S/C66H45N3Si/c1-5-22-46(23-6-1)52-30-13-17-35-59(52)69-62-38-20-16-33-55(62)56-34-21-39-65(66(56)69)68-63-42-40-47(67-60-36-18-14-31-53(60)54-32-15-19-37-61(54)67)44-57(63)58-45-51(41-43-64(58)68)70(48-24-7-2-8-25-48,49-26-9-3-10-27-49)50-28-11-4-12-29-50/h1-45H. The molecule has 0 unspecified atom stereocenters. The Bertz CT molecular complexity index is 4130. The minimum atomic E-state index is -2.89. The molecule has 0 atom stereocenters. The largest absolute Gasteiger partial charge is 0.309 e. The summed E-state index contributed by atoms with van der Waals surface area (Å²) >= 11 is 0. The van der Waals surface area contributed by atoms with Gasteiger partial charge in [-0.05, 0) is 80.9 Å². The summed E-state index contributed by atoms with van der Waals surface area (Å²) in [4.78, 5) is 0. The molecule has 0 radical (unpaired) electrons. The first-order valence-corrected chi connectivity index (χ1v) is 26.2. The van der Waals surface area contributed by atoms with E-state index in [1.807, 2.05) is 0 Å². The number of benzene rings is 11. The van der Waals surface area contributed by atoms with Crippen LogP contribution in [0, 0.1) is 0 Å². The van der Waals surface area contributed by atoms with Crippen LogP contribution in [0.25, 0.3) is 93.6 Å². The van der Waals surface area contributed by atoms with Crippen LogP contribution in [0.2, 0.25) is 0 Å². The van der Waals surface area contributed by atoms with Crippen molar-refractivity contribution in [3.05, 3.63) is 273 Å². The van der Waals surface area contributed by atoms with Gasteiger partial charge in [0.2, 0.25) is 0 Å². The van der Waals surface area contributed by atoms with E-state index in [2.05, 4.69) is 287 Å². The summed E-state index contributed by atoms with van der Waals surface area (Å²) in [5, 5.41) is 12.8. The maximum atomic E-state index is 2.56. The van der Waals surface area contributed by atoms with Crippen molar-refractivity contribution in [1.29, 1.82) is 0 Å². The maximum absolute atomic E-state index is 2.89. The van der Waals surface area contributed by atoms with Gasteiger partial charge in [-0.2, -0.15) is 0 Å². The van der Waals surface area contributed by atoms with Crippen LogP contribution in [-0.2, 0) is 0 Å². The van der Waals surface area contributed by atoms with Gasteiger partial charge in [0.05, 0.1) is 44.5 Å². The normalized spacial score (nSPS) is 12.0. The van der Waals surface area contributed by atoms with Crippen molar-refractivity contribution in [1.82, 2.24) is 13.7 Å². The van der Waals surface area contributed by atoms with E-state index in [-0.39, 0.29) is 0 Å². The van der Waals surface area contributed by atoms with Crippen molar-refractivity contribution < 1.29 is 0 Å². The highest BCUT2D eigenvalue weighted by Gasteiger charge is 2.41. The SMILES string of the molecule is c1ccc(-c2ccccc2-n2c3ccccc3c3cccc(-n4c5ccc(-n6c7ccccc7c7ccccc76)cc5c5cc([Si](c6ccccc6)(c6ccccc6)c6ccccc6)ccc54)c32)cc1. The zero-order valence-corrected chi connectivity index (χ0v) is 39.3. The van der Waals surface area contributed by atoms with E-state index in [0.29, 0.717) is 0 Å². The summed E-state index contributed by atoms with van der Waals surface area (Å²) in [5.74, 6) is 0. The number of hydrogen-bond acceptors (Lipinski definition) is 0. The molecule has 11 aromatic carbocycles. The van der Waals surface area contributed by atoms with Gasteiger partial charge in [0.15, 0.2) is 8.07 Å². The van der Waals surface area contributed by atoms with Gasteiger partial charge in [-0.3, -0.25) is 0 Å². The summed E-state index contributed by atoms with van der Waals surface area (Å²) in [6.45, 7) is 0. The monoisotopic (exact) mass is 907 g/mol. The molecule has 3 nitrogen and oxygen atoms in total. The number of para-hydroxylation sites is 5. The van der Waals surface area contributed by atoms with Crippen LogP contribution >= 0.6 is 0 Å². The molecular formula is C66H45N3Si. The van der Waals surface area contributed by atoms with Gasteiger partial charge in [-0.25, -0.2) is 0 Å². The summed E-state index contributed by atoms with van der Waals surface area (Å²) in [6.07, 6.45) is 0. The van der Waals surface area contributed by atoms with Gasteiger partial charge in [0.25, 0.3) is 0 Å². The predicted molar refractivity (Wildman–Crippen MR) is 299 cm³/mol. The number of aromatic nitrogens is 3. The Labute approximate surface area is 407 Å². The molecule has 0 saturated heterocycles. The highest BCUT2D eigenvalue weighted by molar-refractivity contribution is 7.20. The molecule has 0 aliphatic heterocycles. The van der Waals surface area contributed by atoms with E-state index in [1.165, 1.54) is 86.3 Å². The first-order chi connectivity index (χ1) is 34.8. The molecule has 0 aliphatic rings. The summed E-state index contributed by atoms with van der Waals surface area (Å²) in [7, 11) is -2.89. The van der Waals surface area contributed by atoms with Gasteiger partial charge in [0.1, 0.15) is 0 Å². The quantitative estimate of drug-likeness (QED) is 0.107. The third kappa shape index (κ3) is 5.94. The Balaban J connectivity index is 1.12. The van der Waals surface area contributed by atoms with Crippen LogP contribution in [0.1, 0.15) is 0 Å². The van der Waals surface area contributed by atoms with Gasteiger partial charge in [-0.15, -0.1) is 0 Å². The molecule has 14 aromatic rings. The molecule has 70 heavy (non-hydrogen) atoms. The Hall–Kier alpha value is -8.96.